The summed E-state index contributed by atoms with van der Waals surface area (Å²) in [6.07, 6.45) is -0.0643. The number of carbonyl (C=O) groups excluding carboxylic acids is 5. The van der Waals surface area contributed by atoms with Gasteiger partial charge in [0.25, 0.3) is 0 Å². The number of amides is 4. The van der Waals surface area contributed by atoms with E-state index in [1.54, 1.807) is 35.2 Å². The second-order valence-electron chi connectivity index (χ2n) is 9.85. The van der Waals surface area contributed by atoms with E-state index in [0.29, 0.717) is 37.6 Å². The number of ether oxygens (including phenoxy) is 3. The predicted molar refractivity (Wildman–Crippen MR) is 146 cm³/mol. The third-order valence-corrected chi connectivity index (χ3v) is 7.28. The molecule has 2 N–H and O–H groups in total. The summed E-state index contributed by atoms with van der Waals surface area (Å²) in [6.45, 7) is 0.721. The number of hydrogen-bond donors (Lipinski definition) is 2. The molecule has 42 heavy (non-hydrogen) atoms. The molecule has 224 valence electrons. The number of benzene rings is 2. The Morgan fingerprint density at radius 3 is 2.43 bits per heavy atom. The van der Waals surface area contributed by atoms with E-state index in [1.165, 1.54) is 37.3 Å². The highest BCUT2D eigenvalue weighted by atomic mass is 19.1. The predicted octanol–water partition coefficient (Wildman–Crippen LogP) is 1.65. The van der Waals surface area contributed by atoms with Gasteiger partial charge in [0.2, 0.25) is 11.8 Å². The highest BCUT2D eigenvalue weighted by molar-refractivity contribution is 5.95. The van der Waals surface area contributed by atoms with E-state index >= 15 is 4.39 Å². The molecule has 2 aliphatic rings. The van der Waals surface area contributed by atoms with E-state index in [1.807, 2.05) is 0 Å². The Hall–Kier alpha value is -4.52. The van der Waals surface area contributed by atoms with Crippen LogP contribution in [0.4, 0.5) is 14.9 Å². The number of anilines is 1. The van der Waals surface area contributed by atoms with Crippen molar-refractivity contribution in [1.82, 2.24) is 15.1 Å². The summed E-state index contributed by atoms with van der Waals surface area (Å²) in [7, 11) is 2.47. The highest BCUT2D eigenvalue weighted by Crippen LogP contribution is 2.43. The molecule has 0 radical (unpaired) electrons. The minimum atomic E-state index is -1.14. The van der Waals surface area contributed by atoms with Gasteiger partial charge in [-0.25, -0.2) is 9.18 Å². The zero-order valence-corrected chi connectivity index (χ0v) is 23.3. The molecule has 3 unspecified atom stereocenters. The second-order valence-corrected chi connectivity index (χ2v) is 9.85. The van der Waals surface area contributed by atoms with Gasteiger partial charge < -0.3 is 34.6 Å². The standard InChI is InChI=1S/C29H33FN4O8/c1-40-25(36)15-18-6-5-7-19(14-18)32-29(39)31-17-24(35)34-23(27(37)33-10-12-42-13-11-33)16-21(28(38)41-2)26(34)20-8-3-4-9-22(20)30/h3-9,14,21,23,26H,10-13,15-17H2,1-2H3,(H2,31,32,39). The van der Waals surface area contributed by atoms with Crippen molar-refractivity contribution >= 4 is 35.5 Å². The lowest BCUT2D eigenvalue weighted by atomic mass is 9.92. The Balaban J connectivity index is 1.56. The lowest BCUT2D eigenvalue weighted by Gasteiger charge is -2.35. The molecular weight excluding hydrogens is 551 g/mol. The van der Waals surface area contributed by atoms with Gasteiger partial charge >= 0.3 is 18.0 Å². The minimum absolute atomic E-state index is 0.0123. The molecule has 2 heterocycles. The smallest absolute Gasteiger partial charge is 0.319 e. The van der Waals surface area contributed by atoms with E-state index in [4.69, 9.17) is 9.47 Å². The van der Waals surface area contributed by atoms with Crippen molar-refractivity contribution in [3.8, 4) is 0 Å². The summed E-state index contributed by atoms with van der Waals surface area (Å²) in [6, 6.07) is 9.32. The number of morpholine rings is 1. The van der Waals surface area contributed by atoms with Gasteiger partial charge in [-0.2, -0.15) is 0 Å². The van der Waals surface area contributed by atoms with Gasteiger partial charge in [-0.15, -0.1) is 0 Å². The molecule has 3 atom stereocenters. The van der Waals surface area contributed by atoms with Gasteiger partial charge in [-0.05, 0) is 30.2 Å². The number of rotatable bonds is 8. The van der Waals surface area contributed by atoms with Crippen LogP contribution in [0.1, 0.15) is 23.6 Å². The van der Waals surface area contributed by atoms with Crippen molar-refractivity contribution in [1.29, 1.82) is 0 Å². The zero-order valence-electron chi connectivity index (χ0n) is 23.3. The Kier molecular flexibility index (Phi) is 10.1. The largest absolute Gasteiger partial charge is 0.469 e. The third kappa shape index (κ3) is 7.03. The monoisotopic (exact) mass is 584 g/mol. The van der Waals surface area contributed by atoms with Crippen LogP contribution in [0.5, 0.6) is 0 Å². The summed E-state index contributed by atoms with van der Waals surface area (Å²) >= 11 is 0. The second kappa shape index (κ2) is 13.9. The Labute approximate surface area is 242 Å². The topological polar surface area (TPSA) is 144 Å². The SMILES string of the molecule is COC(=O)Cc1cccc(NC(=O)NCC(=O)N2C(C(=O)N3CCOCC3)CC(C(=O)OC)C2c2ccccc2F)c1. The average Bonchev–Trinajstić information content (AvgIpc) is 3.40. The summed E-state index contributed by atoms with van der Waals surface area (Å²) < 4.78 is 30.1. The fourth-order valence-electron chi connectivity index (χ4n) is 5.29. The Bertz CT molecular complexity index is 1330. The summed E-state index contributed by atoms with van der Waals surface area (Å²) in [5.74, 6) is -3.87. The van der Waals surface area contributed by atoms with Gasteiger partial charge in [0.05, 0.1) is 52.4 Å². The van der Waals surface area contributed by atoms with Crippen LogP contribution in [0.3, 0.4) is 0 Å². The summed E-state index contributed by atoms with van der Waals surface area (Å²) in [5.41, 5.74) is 1.04. The lowest BCUT2D eigenvalue weighted by Crippen LogP contribution is -2.53. The van der Waals surface area contributed by atoms with Crippen molar-refractivity contribution < 1.29 is 42.6 Å². The highest BCUT2D eigenvalue weighted by Gasteiger charge is 2.52. The van der Waals surface area contributed by atoms with Gasteiger partial charge in [-0.3, -0.25) is 19.2 Å². The van der Waals surface area contributed by atoms with Gasteiger partial charge in [0, 0.05) is 24.3 Å². The summed E-state index contributed by atoms with van der Waals surface area (Å²) in [4.78, 5) is 67.2. The van der Waals surface area contributed by atoms with Crippen molar-refractivity contribution in [2.75, 3.05) is 52.4 Å². The fraction of sp³-hybridized carbons (Fsp3) is 0.414. The van der Waals surface area contributed by atoms with Gasteiger partial charge in [-0.1, -0.05) is 30.3 Å². The van der Waals surface area contributed by atoms with Gasteiger partial charge in [0.15, 0.2) is 0 Å². The quantitative estimate of drug-likeness (QED) is 0.446. The molecule has 4 amide bonds. The number of esters is 2. The molecule has 2 aromatic carbocycles. The normalized spacial score (nSPS) is 20.0. The van der Waals surface area contributed by atoms with Crippen LogP contribution in [-0.2, 0) is 39.8 Å². The van der Waals surface area contributed by atoms with E-state index in [0.717, 1.165) is 0 Å². The molecule has 0 bridgehead atoms. The number of urea groups is 1. The minimum Gasteiger partial charge on any atom is -0.469 e. The van der Waals surface area contributed by atoms with E-state index in [9.17, 15) is 24.0 Å². The number of nitrogens with one attached hydrogen (secondary N) is 2. The third-order valence-electron chi connectivity index (χ3n) is 7.28. The first-order valence-corrected chi connectivity index (χ1v) is 13.4. The number of halogens is 1. The molecule has 2 aromatic rings. The van der Waals surface area contributed by atoms with Gasteiger partial charge in [0.1, 0.15) is 11.9 Å². The molecule has 13 heteroatoms. The van der Waals surface area contributed by atoms with Crippen LogP contribution in [0.2, 0.25) is 0 Å². The maximum Gasteiger partial charge on any atom is 0.319 e. The zero-order chi connectivity index (χ0) is 30.2. The number of likely N-dealkylation sites (tertiary alicyclic amines) is 1. The van der Waals surface area contributed by atoms with E-state index in [2.05, 4.69) is 15.4 Å². The number of carbonyl (C=O) groups is 5. The molecular formula is C29H33FN4O8. The number of hydrogen-bond acceptors (Lipinski definition) is 8. The molecule has 12 nitrogen and oxygen atoms in total. The maximum absolute atomic E-state index is 15.1. The summed E-state index contributed by atoms with van der Waals surface area (Å²) in [5, 5.41) is 5.07. The van der Waals surface area contributed by atoms with E-state index < -0.39 is 60.1 Å². The molecule has 4 rings (SSSR count). The van der Waals surface area contributed by atoms with Crippen molar-refractivity contribution in [2.24, 2.45) is 5.92 Å². The first-order chi connectivity index (χ1) is 20.2. The van der Waals surface area contributed by atoms with Crippen molar-refractivity contribution in [2.45, 2.75) is 24.9 Å². The average molecular weight is 585 g/mol. The Morgan fingerprint density at radius 2 is 1.74 bits per heavy atom. The molecule has 0 saturated carbocycles. The fourth-order valence-corrected chi connectivity index (χ4v) is 5.29. The molecule has 0 aromatic heterocycles. The number of methoxy groups -OCH3 is 2. The first-order valence-electron chi connectivity index (χ1n) is 13.4. The van der Waals surface area contributed by atoms with Crippen LogP contribution in [0.15, 0.2) is 48.5 Å². The van der Waals surface area contributed by atoms with Crippen molar-refractivity contribution in [3.05, 3.63) is 65.5 Å². The van der Waals surface area contributed by atoms with E-state index in [-0.39, 0.29) is 18.4 Å². The van der Waals surface area contributed by atoms with Crippen LogP contribution in [-0.4, -0.2) is 92.7 Å². The molecule has 0 aliphatic carbocycles. The molecule has 2 aliphatic heterocycles. The van der Waals surface area contributed by atoms with Crippen LogP contribution in [0, 0.1) is 11.7 Å². The van der Waals surface area contributed by atoms with Crippen LogP contribution in [0.25, 0.3) is 0 Å². The number of nitrogens with zero attached hydrogens (tertiary/aromatic N) is 2. The molecule has 2 fully saturated rings. The molecule has 0 spiro atoms. The maximum atomic E-state index is 15.1. The Morgan fingerprint density at radius 1 is 1.00 bits per heavy atom. The van der Waals surface area contributed by atoms with Crippen molar-refractivity contribution in [3.63, 3.8) is 0 Å². The van der Waals surface area contributed by atoms with Crippen LogP contribution >= 0.6 is 0 Å². The lowest BCUT2D eigenvalue weighted by molar-refractivity contribution is -0.149. The van der Waals surface area contributed by atoms with Crippen LogP contribution < -0.4 is 10.6 Å². The first kappa shape index (κ1) is 30.4. The molecule has 2 saturated heterocycles.